The first-order valence-corrected chi connectivity index (χ1v) is 17.9. The van der Waals surface area contributed by atoms with E-state index >= 15 is 0 Å². The summed E-state index contributed by atoms with van der Waals surface area (Å²) in [5.74, 6) is -1.83. The van der Waals surface area contributed by atoms with E-state index in [0.717, 1.165) is 42.5 Å². The third-order valence-corrected chi connectivity index (χ3v) is 10.2. The van der Waals surface area contributed by atoms with E-state index in [0.29, 0.717) is 32.3 Å². The van der Waals surface area contributed by atoms with Crippen LogP contribution in [0.3, 0.4) is 0 Å². The second-order valence-electron chi connectivity index (χ2n) is 11.4. The fraction of sp³-hybridized carbons (Fsp3) is 0.243. The molecule has 0 aliphatic heterocycles. The van der Waals surface area contributed by atoms with Crippen LogP contribution in [0.1, 0.15) is 69.8 Å². The molecular formula is C37H36N4O7S2. The predicted octanol–water partition coefficient (Wildman–Crippen LogP) is 7.63. The predicted molar refractivity (Wildman–Crippen MR) is 196 cm³/mol. The number of nitrogens with zero attached hydrogens (tertiary/aromatic N) is 1. The van der Waals surface area contributed by atoms with Crippen LogP contribution in [0.2, 0.25) is 0 Å². The first kappa shape index (κ1) is 36.0. The quantitative estimate of drug-likeness (QED) is 0.0338. The number of nitrogens with one attached hydrogen (secondary N) is 3. The molecule has 13 heteroatoms. The Hall–Kier alpha value is -5.27. The summed E-state index contributed by atoms with van der Waals surface area (Å²) in [4.78, 5) is 65.3. The van der Waals surface area contributed by atoms with Crippen molar-refractivity contribution < 1.29 is 28.8 Å². The Labute approximate surface area is 297 Å². The molecule has 0 spiro atoms. The Morgan fingerprint density at radius 1 is 0.960 bits per heavy atom. The van der Waals surface area contributed by atoms with Crippen LogP contribution in [0.5, 0.6) is 0 Å². The number of non-ortho nitro benzene ring substituents is 1. The summed E-state index contributed by atoms with van der Waals surface area (Å²) in [6, 6.07) is 20.9. The van der Waals surface area contributed by atoms with Gasteiger partial charge >= 0.3 is 5.97 Å². The number of nitro groups is 1. The number of carbonyl (C=O) groups excluding carboxylic acids is 4. The number of thiophene rings is 1. The van der Waals surface area contributed by atoms with Gasteiger partial charge in [-0.05, 0) is 99.2 Å². The number of carbonyl (C=O) groups is 4. The van der Waals surface area contributed by atoms with Gasteiger partial charge in [0.2, 0.25) is 5.91 Å². The molecule has 3 aromatic carbocycles. The smallest absolute Gasteiger partial charge is 0.341 e. The van der Waals surface area contributed by atoms with Crippen LogP contribution in [-0.4, -0.2) is 40.5 Å². The lowest BCUT2D eigenvalue weighted by atomic mass is 10.1. The molecule has 4 aromatic rings. The van der Waals surface area contributed by atoms with Crippen LogP contribution >= 0.6 is 23.1 Å². The van der Waals surface area contributed by atoms with Crippen molar-refractivity contribution in [3.63, 3.8) is 0 Å². The second-order valence-corrected chi connectivity index (χ2v) is 14.0. The number of fused-ring (bicyclic) bond motifs is 1. The minimum absolute atomic E-state index is 0.0785. The van der Waals surface area contributed by atoms with Gasteiger partial charge in [0.25, 0.3) is 17.5 Å². The zero-order valence-electron chi connectivity index (χ0n) is 27.5. The summed E-state index contributed by atoms with van der Waals surface area (Å²) in [5.41, 5.74) is 2.48. The van der Waals surface area contributed by atoms with Gasteiger partial charge in [0.15, 0.2) is 0 Å². The van der Waals surface area contributed by atoms with Crippen molar-refractivity contribution in [1.82, 2.24) is 5.32 Å². The average molecular weight is 713 g/mol. The molecule has 0 fully saturated rings. The van der Waals surface area contributed by atoms with E-state index < -0.39 is 28.0 Å². The molecule has 258 valence electrons. The summed E-state index contributed by atoms with van der Waals surface area (Å²) >= 11 is 2.73. The Bertz CT molecular complexity index is 1920. The zero-order chi connectivity index (χ0) is 35.6. The molecule has 1 unspecified atom stereocenters. The minimum atomic E-state index is -0.621. The summed E-state index contributed by atoms with van der Waals surface area (Å²) in [7, 11) is 0. The fourth-order valence-electron chi connectivity index (χ4n) is 5.37. The highest BCUT2D eigenvalue weighted by atomic mass is 32.2. The number of amides is 3. The maximum absolute atomic E-state index is 13.5. The largest absolute Gasteiger partial charge is 0.462 e. The number of thioether (sulfide) groups is 1. The third-order valence-electron chi connectivity index (χ3n) is 7.86. The lowest BCUT2D eigenvalue weighted by molar-refractivity contribution is -0.384. The highest BCUT2D eigenvalue weighted by molar-refractivity contribution is 8.00. The number of hydrogen-bond donors (Lipinski definition) is 3. The molecule has 0 saturated carbocycles. The van der Waals surface area contributed by atoms with Crippen molar-refractivity contribution in [3.8, 4) is 0 Å². The van der Waals surface area contributed by atoms with Crippen molar-refractivity contribution in [2.45, 2.75) is 56.1 Å². The van der Waals surface area contributed by atoms with Crippen molar-refractivity contribution in [2.24, 2.45) is 0 Å². The number of ether oxygens (including phenoxy) is 1. The monoisotopic (exact) mass is 712 g/mol. The zero-order valence-corrected chi connectivity index (χ0v) is 29.2. The third kappa shape index (κ3) is 9.24. The molecule has 11 nitrogen and oxygen atoms in total. The standard InChI is InChI=1S/C37H36N4O7S2/c1-3-48-37(45)32-29-15-8-5-9-16-31(29)50-36(32)40-33(42)23(2)49-28-14-10-13-26(22-28)38-35(44)30(39-34(43)25-11-6-4-7-12-25)21-24-17-19-27(20-18-24)41(46)47/h4,6-7,10-14,17-23H,3,5,8-9,15-16H2,1-2H3,(H,38,44)(H,39,43)(H,40,42)/b30-21+. The Morgan fingerprint density at radius 2 is 1.70 bits per heavy atom. The molecular weight excluding hydrogens is 677 g/mol. The van der Waals surface area contributed by atoms with E-state index in [1.807, 2.05) is 6.07 Å². The van der Waals surface area contributed by atoms with E-state index in [1.54, 1.807) is 62.4 Å². The highest BCUT2D eigenvalue weighted by Gasteiger charge is 2.28. The van der Waals surface area contributed by atoms with Gasteiger partial charge in [0.1, 0.15) is 10.7 Å². The number of nitro benzene ring substituents is 1. The van der Waals surface area contributed by atoms with Crippen LogP contribution in [0.25, 0.3) is 6.08 Å². The van der Waals surface area contributed by atoms with Crippen molar-refractivity contribution in [2.75, 3.05) is 17.2 Å². The molecule has 5 rings (SSSR count). The van der Waals surface area contributed by atoms with Crippen LogP contribution in [-0.2, 0) is 27.2 Å². The van der Waals surface area contributed by atoms with E-state index in [-0.39, 0.29) is 23.9 Å². The van der Waals surface area contributed by atoms with E-state index in [9.17, 15) is 29.3 Å². The molecule has 0 saturated heterocycles. The van der Waals surface area contributed by atoms with Gasteiger partial charge < -0.3 is 20.7 Å². The summed E-state index contributed by atoms with van der Waals surface area (Å²) in [6.07, 6.45) is 6.19. The molecule has 1 atom stereocenters. The number of esters is 1. The molecule has 3 N–H and O–H groups in total. The SMILES string of the molecule is CCOC(=O)c1c(NC(=O)C(C)Sc2cccc(NC(=O)/C(=C\c3ccc([N+](=O)[O-])cc3)NC(=O)c3ccccc3)c2)sc2c1CCCCC2. The van der Waals surface area contributed by atoms with E-state index in [2.05, 4.69) is 16.0 Å². The van der Waals surface area contributed by atoms with Gasteiger partial charge in [-0.25, -0.2) is 4.79 Å². The van der Waals surface area contributed by atoms with Gasteiger partial charge in [-0.3, -0.25) is 24.5 Å². The number of benzene rings is 3. The maximum atomic E-state index is 13.5. The first-order valence-electron chi connectivity index (χ1n) is 16.2. The topological polar surface area (TPSA) is 157 Å². The summed E-state index contributed by atoms with van der Waals surface area (Å²) < 4.78 is 5.35. The van der Waals surface area contributed by atoms with Gasteiger partial charge in [-0.15, -0.1) is 23.1 Å². The van der Waals surface area contributed by atoms with Crippen molar-refractivity contribution in [1.29, 1.82) is 0 Å². The van der Waals surface area contributed by atoms with Crippen molar-refractivity contribution >= 4 is 69.2 Å². The Balaban J connectivity index is 1.30. The van der Waals surface area contributed by atoms with Gasteiger partial charge in [-0.1, -0.05) is 30.7 Å². The fourth-order valence-corrected chi connectivity index (χ4v) is 7.57. The average Bonchev–Trinajstić information content (AvgIpc) is 3.28. The molecule has 0 radical (unpaired) electrons. The van der Waals surface area contributed by atoms with Crippen LogP contribution in [0.4, 0.5) is 16.4 Å². The van der Waals surface area contributed by atoms with Crippen LogP contribution < -0.4 is 16.0 Å². The first-order chi connectivity index (χ1) is 24.1. The molecule has 3 amide bonds. The Kier molecular flexibility index (Phi) is 12.2. The molecule has 1 aliphatic carbocycles. The second kappa shape index (κ2) is 16.9. The molecule has 1 aliphatic rings. The number of anilines is 2. The maximum Gasteiger partial charge on any atom is 0.341 e. The normalized spacial score (nSPS) is 13.3. The highest BCUT2D eigenvalue weighted by Crippen LogP contribution is 2.38. The van der Waals surface area contributed by atoms with Crippen LogP contribution in [0.15, 0.2) is 89.5 Å². The molecule has 50 heavy (non-hydrogen) atoms. The van der Waals surface area contributed by atoms with Gasteiger partial charge in [0, 0.05) is 33.2 Å². The lowest BCUT2D eigenvalue weighted by Crippen LogP contribution is -2.30. The van der Waals surface area contributed by atoms with Crippen molar-refractivity contribution in [3.05, 3.63) is 122 Å². The molecule has 1 aromatic heterocycles. The lowest BCUT2D eigenvalue weighted by Gasteiger charge is -2.14. The molecule has 0 bridgehead atoms. The minimum Gasteiger partial charge on any atom is -0.462 e. The number of hydrogen-bond acceptors (Lipinski definition) is 9. The van der Waals surface area contributed by atoms with Gasteiger partial charge in [-0.2, -0.15) is 0 Å². The summed E-state index contributed by atoms with van der Waals surface area (Å²) in [5, 5.41) is 19.5. The van der Waals surface area contributed by atoms with E-state index in [4.69, 9.17) is 4.74 Å². The Morgan fingerprint density at radius 3 is 2.42 bits per heavy atom. The summed E-state index contributed by atoms with van der Waals surface area (Å²) in [6.45, 7) is 3.76. The van der Waals surface area contributed by atoms with E-state index in [1.165, 1.54) is 53.4 Å². The van der Waals surface area contributed by atoms with Gasteiger partial charge in [0.05, 0.1) is 22.3 Å². The number of rotatable bonds is 12. The number of aryl methyl sites for hydroxylation is 1. The molecule has 1 heterocycles. The van der Waals surface area contributed by atoms with Crippen LogP contribution in [0, 0.1) is 10.1 Å².